The van der Waals surface area contributed by atoms with Gasteiger partial charge in [-0.2, -0.15) is 14.7 Å². The first-order chi connectivity index (χ1) is 23.4. The summed E-state index contributed by atoms with van der Waals surface area (Å²) in [6.45, 7) is 14.5. The number of hydrogen-bond acceptors (Lipinski definition) is 3. The van der Waals surface area contributed by atoms with E-state index < -0.39 is 32.1 Å². The van der Waals surface area contributed by atoms with Crippen LogP contribution in [0.15, 0.2) is 160 Å². The van der Waals surface area contributed by atoms with Crippen LogP contribution in [0, 0.1) is 0 Å². The van der Waals surface area contributed by atoms with Crippen LogP contribution < -0.4 is 104 Å². The Labute approximate surface area is 369 Å². The van der Waals surface area contributed by atoms with E-state index in [0.717, 1.165) is 14.7 Å². The zero-order valence-corrected chi connectivity index (χ0v) is 38.4. The average Bonchev–Trinajstić information content (AvgIpc) is 3.11. The zero-order valence-electron chi connectivity index (χ0n) is 32.0. The van der Waals surface area contributed by atoms with Crippen molar-refractivity contribution in [2.24, 2.45) is 0 Å². The second kappa shape index (κ2) is 18.7. The van der Waals surface area contributed by atoms with Crippen molar-refractivity contribution in [2.45, 2.75) is 54.0 Å². The van der Waals surface area contributed by atoms with Crippen LogP contribution in [-0.4, -0.2) is 24.2 Å². The Morgan fingerprint density at radius 3 is 0.788 bits per heavy atom. The summed E-state index contributed by atoms with van der Waals surface area (Å²) in [5, 5.41) is 11.6. The third kappa shape index (κ3) is 8.78. The van der Waals surface area contributed by atoms with E-state index in [1.54, 1.807) is 0 Å². The summed E-state index contributed by atoms with van der Waals surface area (Å²) in [7, 11) is -7.48. The first-order valence-electron chi connectivity index (χ1n) is 16.7. The minimum absolute atomic E-state index is 0. The Bertz CT molecular complexity index is 1860. The van der Waals surface area contributed by atoms with Gasteiger partial charge in [-0.25, -0.2) is 0 Å². The predicted molar refractivity (Wildman–Crippen MR) is 232 cm³/mol. The summed E-state index contributed by atoms with van der Waals surface area (Å²) >= 11 is 19.7. The van der Waals surface area contributed by atoms with Gasteiger partial charge in [-0.05, 0) is 23.8 Å². The van der Waals surface area contributed by atoms with Gasteiger partial charge < -0.3 is 37.9 Å². The maximum Gasteiger partial charge on any atom is 1.00 e. The normalized spacial score (nSPS) is 11.6. The van der Waals surface area contributed by atoms with Gasteiger partial charge >= 0.3 is 56.6 Å². The first kappa shape index (κ1) is 45.2. The fourth-order valence-electron chi connectivity index (χ4n) is 7.00. The summed E-state index contributed by atoms with van der Waals surface area (Å²) in [4.78, 5) is 2.90. The van der Waals surface area contributed by atoms with Gasteiger partial charge in [0.2, 0.25) is 0 Å². The first-order valence-corrected chi connectivity index (χ1v) is 28.3. The minimum Gasteiger partial charge on any atom is -0.779 e. The van der Waals surface area contributed by atoms with Gasteiger partial charge in [0.25, 0.3) is 0 Å². The Hall–Kier alpha value is -1.15. The van der Waals surface area contributed by atoms with Crippen molar-refractivity contribution in [3.8, 4) is 0 Å². The van der Waals surface area contributed by atoms with Crippen molar-refractivity contribution in [1.82, 2.24) is 0 Å². The molecule has 0 bridgehead atoms. The maximum atomic E-state index is 6.57. The molecule has 248 valence electrons. The van der Waals surface area contributed by atoms with Gasteiger partial charge in [0, 0.05) is 0 Å². The van der Waals surface area contributed by atoms with Gasteiger partial charge in [-0.3, -0.25) is 0 Å². The van der Waals surface area contributed by atoms with E-state index in [2.05, 4.69) is 185 Å². The molecule has 6 aromatic rings. The maximum absolute atomic E-state index is 6.57. The smallest absolute Gasteiger partial charge is 0.779 e. The summed E-state index contributed by atoms with van der Waals surface area (Å²) < 4.78 is 0. The molecule has 0 heterocycles. The van der Waals surface area contributed by atoms with Crippen molar-refractivity contribution >= 4 is 117 Å². The van der Waals surface area contributed by atoms with E-state index >= 15 is 0 Å². The van der Waals surface area contributed by atoms with Crippen LogP contribution in [0.2, 0.25) is 39.3 Å². The second-order valence-corrected chi connectivity index (χ2v) is 30.7. The standard InChI is InChI=1S/C42H45PS3Si3.3Li/c1-47(2,31-19-10-7-11-20-31)37-28-16-25-34(40(37)44)43(35-26-17-29-38(41(35)45)48(3,4)32-21-12-8-13-22-32)36-27-18-30-39(42(36)46)49(5,6)33-23-14-9-15-24-33;;;/h7-30,44-46H,1-6H3;;;/q;3*+1/p-3. The van der Waals surface area contributed by atoms with Gasteiger partial charge in [0.15, 0.2) is 0 Å². The predicted octanol–water partition coefficient (Wildman–Crippen LogP) is -3.36. The molecule has 0 aliphatic carbocycles. The Balaban J connectivity index is 0.00000243. The Morgan fingerprint density at radius 2 is 0.558 bits per heavy atom. The number of hydrogen-bond donors (Lipinski definition) is 0. The summed E-state index contributed by atoms with van der Waals surface area (Å²) in [5.74, 6) is 0. The summed E-state index contributed by atoms with van der Waals surface area (Å²) in [6, 6.07) is 53.0. The number of rotatable bonds is 9. The van der Waals surface area contributed by atoms with Crippen LogP contribution in [-0.2, 0) is 37.9 Å². The van der Waals surface area contributed by atoms with Crippen LogP contribution in [0.3, 0.4) is 0 Å². The molecule has 0 spiro atoms. The Kier molecular flexibility index (Phi) is 16.2. The van der Waals surface area contributed by atoms with Crippen molar-refractivity contribution < 1.29 is 56.6 Å². The molecule has 0 aromatic heterocycles. The van der Waals surface area contributed by atoms with E-state index in [-0.39, 0.29) is 56.6 Å². The molecule has 0 amide bonds. The van der Waals surface area contributed by atoms with Gasteiger partial charge in [0.1, 0.15) is 24.2 Å². The molecule has 0 saturated carbocycles. The molecule has 6 rings (SSSR count). The fraction of sp³-hybridized carbons (Fsp3) is 0.143. The van der Waals surface area contributed by atoms with Gasteiger partial charge in [-0.1, -0.05) is 216 Å². The minimum atomic E-state index is -2.11. The molecule has 0 N–H and O–H groups in total. The molecule has 10 heteroatoms. The number of benzene rings is 6. The quantitative estimate of drug-likeness (QED) is 0.0857. The average molecular weight is 779 g/mol. The third-order valence-corrected chi connectivity index (χ3v) is 25.7. The van der Waals surface area contributed by atoms with E-state index in [4.69, 9.17) is 37.9 Å². The van der Waals surface area contributed by atoms with E-state index in [0.29, 0.717) is 0 Å². The van der Waals surface area contributed by atoms with E-state index in [9.17, 15) is 0 Å². The molecule has 0 unspecified atom stereocenters. The zero-order chi connectivity index (χ0) is 35.0. The topological polar surface area (TPSA) is 0 Å². The van der Waals surface area contributed by atoms with Crippen LogP contribution in [0.4, 0.5) is 0 Å². The molecule has 0 radical (unpaired) electrons. The molecule has 0 nitrogen and oxygen atoms in total. The van der Waals surface area contributed by atoms with E-state index in [1.165, 1.54) is 47.0 Å². The second-order valence-electron chi connectivity index (χ2n) is 14.3. The van der Waals surface area contributed by atoms with Crippen molar-refractivity contribution in [3.05, 3.63) is 146 Å². The van der Waals surface area contributed by atoms with Crippen LogP contribution in [0.1, 0.15) is 0 Å². The Morgan fingerprint density at radius 1 is 0.327 bits per heavy atom. The molecular formula is C42H42Li3PS3Si3. The summed E-state index contributed by atoms with van der Waals surface area (Å²) in [6.07, 6.45) is 0. The van der Waals surface area contributed by atoms with Gasteiger partial charge in [0.05, 0.1) is 0 Å². The largest absolute Gasteiger partial charge is 1.00 e. The fourth-order valence-corrected chi connectivity index (χ4v) is 21.0. The molecule has 0 saturated heterocycles. The molecule has 0 aliphatic rings. The van der Waals surface area contributed by atoms with Crippen molar-refractivity contribution in [3.63, 3.8) is 0 Å². The molecule has 52 heavy (non-hydrogen) atoms. The van der Waals surface area contributed by atoms with Crippen LogP contribution in [0.5, 0.6) is 0 Å². The molecular weight excluding hydrogens is 737 g/mol. The monoisotopic (exact) mass is 778 g/mol. The molecule has 0 fully saturated rings. The van der Waals surface area contributed by atoms with E-state index in [1.807, 2.05) is 0 Å². The third-order valence-electron chi connectivity index (χ3n) is 10.2. The van der Waals surface area contributed by atoms with Crippen LogP contribution in [0.25, 0.3) is 0 Å². The molecule has 6 aromatic carbocycles. The molecule has 0 atom stereocenters. The van der Waals surface area contributed by atoms with Crippen molar-refractivity contribution in [1.29, 1.82) is 0 Å². The van der Waals surface area contributed by atoms with Crippen LogP contribution >= 0.6 is 7.92 Å². The molecule has 0 aliphatic heterocycles. The summed E-state index contributed by atoms with van der Waals surface area (Å²) in [5.41, 5.74) is 0. The van der Waals surface area contributed by atoms with Gasteiger partial charge in [-0.15, -0.1) is 0 Å². The van der Waals surface area contributed by atoms with Crippen molar-refractivity contribution in [2.75, 3.05) is 0 Å². The SMILES string of the molecule is C[Si](C)(c1ccccc1)c1cccc(P(c2cccc([Si](C)(C)c3ccccc3)c2[S-])c2cccc([Si](C)(C)c3ccccc3)c2[S-])c1[S-].[Li+].[Li+].[Li+].